The predicted octanol–water partition coefficient (Wildman–Crippen LogP) is 2.76. The maximum atomic E-state index is 5.69. The van der Waals surface area contributed by atoms with Gasteiger partial charge in [-0.05, 0) is 36.5 Å². The summed E-state index contributed by atoms with van der Waals surface area (Å²) >= 11 is 1.51. The Labute approximate surface area is 91.9 Å². The summed E-state index contributed by atoms with van der Waals surface area (Å²) in [4.78, 5) is 4.30. The van der Waals surface area contributed by atoms with Crippen LogP contribution in [0.25, 0.3) is 10.2 Å². The molecule has 1 aromatic carbocycles. The Kier molecular flexibility index (Phi) is 1.85. The molecular weight excluding hydrogens is 208 g/mol. The number of thiazole rings is 1. The second kappa shape index (κ2) is 3.10. The van der Waals surface area contributed by atoms with Crippen molar-refractivity contribution in [3.63, 3.8) is 0 Å². The molecule has 1 aliphatic carbocycles. The number of nitrogen functional groups attached to an aromatic ring is 1. The normalized spacial score (nSPS) is 15.8. The van der Waals surface area contributed by atoms with E-state index in [1.807, 2.05) is 0 Å². The lowest BCUT2D eigenvalue weighted by Gasteiger charge is -2.06. The van der Waals surface area contributed by atoms with Gasteiger partial charge >= 0.3 is 0 Å². The molecule has 2 N–H and O–H groups in total. The first kappa shape index (κ1) is 8.97. The molecule has 0 radical (unpaired) electrons. The number of nitrogens with zero attached hydrogens (tertiary/aromatic N) is 1. The highest BCUT2D eigenvalue weighted by molar-refractivity contribution is 7.22. The third-order valence-corrected chi connectivity index (χ3v) is 3.62. The number of hydrogen-bond acceptors (Lipinski definition) is 4. The van der Waals surface area contributed by atoms with Gasteiger partial charge in [0.05, 0.1) is 17.3 Å². The smallest absolute Gasteiger partial charge is 0.181 e. The first-order chi connectivity index (χ1) is 7.28. The maximum Gasteiger partial charge on any atom is 0.181 e. The van der Waals surface area contributed by atoms with E-state index < -0.39 is 0 Å². The topological polar surface area (TPSA) is 48.1 Å². The van der Waals surface area contributed by atoms with Crippen molar-refractivity contribution in [1.29, 1.82) is 0 Å². The fraction of sp³-hybridized carbons (Fsp3) is 0.364. The number of hydrogen-bond donors (Lipinski definition) is 1. The Morgan fingerprint density at radius 1 is 1.47 bits per heavy atom. The molecular formula is C11H12N2OS. The van der Waals surface area contributed by atoms with E-state index in [0.29, 0.717) is 11.0 Å². The minimum atomic E-state index is 0.625. The summed E-state index contributed by atoms with van der Waals surface area (Å²) < 4.78 is 6.51. The Morgan fingerprint density at radius 3 is 2.93 bits per heavy atom. The van der Waals surface area contributed by atoms with Gasteiger partial charge in [-0.2, -0.15) is 0 Å². The first-order valence-electron chi connectivity index (χ1n) is 5.02. The van der Waals surface area contributed by atoms with Crippen LogP contribution in [0.4, 0.5) is 5.13 Å². The zero-order valence-corrected chi connectivity index (χ0v) is 9.30. The van der Waals surface area contributed by atoms with E-state index in [1.54, 1.807) is 7.11 Å². The van der Waals surface area contributed by atoms with Gasteiger partial charge in [-0.25, -0.2) is 4.98 Å². The molecule has 1 aliphatic rings. The largest absolute Gasteiger partial charge is 0.496 e. The molecule has 1 saturated carbocycles. The molecule has 78 valence electrons. The van der Waals surface area contributed by atoms with Crippen molar-refractivity contribution in [2.75, 3.05) is 12.8 Å². The Balaban J connectivity index is 2.23. The lowest BCUT2D eigenvalue weighted by Crippen LogP contribution is -1.89. The first-order valence-corrected chi connectivity index (χ1v) is 5.83. The van der Waals surface area contributed by atoms with Gasteiger partial charge in [0.2, 0.25) is 0 Å². The van der Waals surface area contributed by atoms with Crippen molar-refractivity contribution in [3.8, 4) is 5.75 Å². The highest BCUT2D eigenvalue weighted by Gasteiger charge is 2.27. The van der Waals surface area contributed by atoms with Crippen LogP contribution in [0.15, 0.2) is 12.1 Å². The van der Waals surface area contributed by atoms with E-state index in [4.69, 9.17) is 10.5 Å². The van der Waals surface area contributed by atoms with Crippen LogP contribution in [-0.4, -0.2) is 12.1 Å². The number of nitrogens with two attached hydrogens (primary N) is 1. The minimum Gasteiger partial charge on any atom is -0.496 e. The van der Waals surface area contributed by atoms with Gasteiger partial charge in [0.1, 0.15) is 5.75 Å². The van der Waals surface area contributed by atoms with Crippen LogP contribution in [0.5, 0.6) is 5.75 Å². The maximum absolute atomic E-state index is 5.69. The van der Waals surface area contributed by atoms with Gasteiger partial charge in [-0.3, -0.25) is 0 Å². The van der Waals surface area contributed by atoms with Crippen molar-refractivity contribution >= 4 is 26.7 Å². The molecule has 3 nitrogen and oxygen atoms in total. The number of anilines is 1. The molecule has 0 unspecified atom stereocenters. The Morgan fingerprint density at radius 2 is 2.27 bits per heavy atom. The quantitative estimate of drug-likeness (QED) is 0.846. The average Bonchev–Trinajstić information content (AvgIpc) is 2.98. The third kappa shape index (κ3) is 1.45. The molecule has 1 heterocycles. The Bertz CT molecular complexity index is 517. The third-order valence-electron chi connectivity index (χ3n) is 2.77. The molecule has 0 atom stereocenters. The molecule has 3 rings (SSSR count). The van der Waals surface area contributed by atoms with Crippen LogP contribution < -0.4 is 10.5 Å². The number of ether oxygens (including phenoxy) is 1. The molecule has 0 bridgehead atoms. The summed E-state index contributed by atoms with van der Waals surface area (Å²) in [5, 5.41) is 0.625. The summed E-state index contributed by atoms with van der Waals surface area (Å²) in [6, 6.07) is 4.18. The standard InChI is InChI=1S/C11H12N2OS/c1-14-9-5-10-8(13-11(12)15-10)4-7(9)6-2-3-6/h4-6H,2-3H2,1H3,(H2,12,13). The number of methoxy groups -OCH3 is 1. The van der Waals surface area contributed by atoms with Crippen LogP contribution >= 0.6 is 11.3 Å². The molecule has 4 heteroatoms. The predicted molar refractivity (Wildman–Crippen MR) is 62.6 cm³/mol. The zero-order valence-electron chi connectivity index (χ0n) is 8.49. The molecule has 15 heavy (non-hydrogen) atoms. The summed E-state index contributed by atoms with van der Waals surface area (Å²) in [5.74, 6) is 1.65. The van der Waals surface area contributed by atoms with Crippen LogP contribution in [0.1, 0.15) is 24.3 Å². The molecule has 0 amide bonds. The monoisotopic (exact) mass is 220 g/mol. The van der Waals surface area contributed by atoms with Crippen molar-refractivity contribution in [1.82, 2.24) is 4.98 Å². The van der Waals surface area contributed by atoms with Crippen molar-refractivity contribution in [2.24, 2.45) is 0 Å². The minimum absolute atomic E-state index is 0.625. The van der Waals surface area contributed by atoms with Crippen molar-refractivity contribution < 1.29 is 4.74 Å². The second-order valence-electron chi connectivity index (χ2n) is 3.89. The number of benzene rings is 1. The van der Waals surface area contributed by atoms with E-state index >= 15 is 0 Å². The molecule has 0 saturated heterocycles. The Hall–Kier alpha value is -1.29. The summed E-state index contributed by atoms with van der Waals surface area (Å²) in [6.45, 7) is 0. The molecule has 1 fully saturated rings. The van der Waals surface area contributed by atoms with Gasteiger partial charge in [-0.15, -0.1) is 0 Å². The van der Waals surface area contributed by atoms with E-state index in [1.165, 1.54) is 29.7 Å². The summed E-state index contributed by atoms with van der Waals surface area (Å²) in [7, 11) is 1.72. The number of aromatic nitrogens is 1. The lowest BCUT2D eigenvalue weighted by molar-refractivity contribution is 0.410. The van der Waals surface area contributed by atoms with Gasteiger partial charge in [-0.1, -0.05) is 11.3 Å². The van der Waals surface area contributed by atoms with Crippen LogP contribution in [-0.2, 0) is 0 Å². The second-order valence-corrected chi connectivity index (χ2v) is 4.95. The summed E-state index contributed by atoms with van der Waals surface area (Å²) in [5.41, 5.74) is 7.98. The lowest BCUT2D eigenvalue weighted by atomic mass is 10.1. The highest BCUT2D eigenvalue weighted by atomic mass is 32.1. The van der Waals surface area contributed by atoms with Crippen molar-refractivity contribution in [3.05, 3.63) is 17.7 Å². The highest BCUT2D eigenvalue weighted by Crippen LogP contribution is 2.46. The molecule has 2 aromatic rings. The fourth-order valence-electron chi connectivity index (χ4n) is 1.88. The summed E-state index contributed by atoms with van der Waals surface area (Å²) in [6.07, 6.45) is 2.53. The number of fused-ring (bicyclic) bond motifs is 1. The van der Waals surface area contributed by atoms with E-state index in [0.717, 1.165) is 16.0 Å². The molecule has 1 aromatic heterocycles. The van der Waals surface area contributed by atoms with Gasteiger partial charge in [0.25, 0.3) is 0 Å². The van der Waals surface area contributed by atoms with Crippen molar-refractivity contribution in [2.45, 2.75) is 18.8 Å². The molecule has 0 spiro atoms. The van der Waals surface area contributed by atoms with Crippen LogP contribution in [0.2, 0.25) is 0 Å². The fourth-order valence-corrected chi connectivity index (χ4v) is 2.62. The number of rotatable bonds is 2. The van der Waals surface area contributed by atoms with Crippen LogP contribution in [0, 0.1) is 0 Å². The van der Waals surface area contributed by atoms with Gasteiger partial charge in [0, 0.05) is 0 Å². The van der Waals surface area contributed by atoms with E-state index in [2.05, 4.69) is 17.1 Å². The van der Waals surface area contributed by atoms with E-state index in [-0.39, 0.29) is 0 Å². The van der Waals surface area contributed by atoms with E-state index in [9.17, 15) is 0 Å². The average molecular weight is 220 g/mol. The van der Waals surface area contributed by atoms with Gasteiger partial charge < -0.3 is 10.5 Å². The SMILES string of the molecule is COc1cc2sc(N)nc2cc1C1CC1. The zero-order chi connectivity index (χ0) is 10.4. The van der Waals surface area contributed by atoms with Gasteiger partial charge in [0.15, 0.2) is 5.13 Å². The van der Waals surface area contributed by atoms with Crippen LogP contribution in [0.3, 0.4) is 0 Å². The molecule has 0 aliphatic heterocycles.